The molecule has 0 aliphatic carbocycles. The number of halogens is 1. The number of nitrogens with one attached hydrogen (secondary N) is 1. The summed E-state index contributed by atoms with van der Waals surface area (Å²) >= 11 is 3.32. The lowest BCUT2D eigenvalue weighted by molar-refractivity contribution is 0.0973. The summed E-state index contributed by atoms with van der Waals surface area (Å²) in [4.78, 5) is 22.3. The Kier molecular flexibility index (Phi) is 3.86. The Hall–Kier alpha value is -1.56. The first-order chi connectivity index (χ1) is 8.56. The molecule has 18 heavy (non-hydrogen) atoms. The molecule has 5 nitrogen and oxygen atoms in total. The van der Waals surface area contributed by atoms with E-state index < -0.39 is 6.09 Å². The van der Waals surface area contributed by atoms with Gasteiger partial charge in [-0.25, -0.2) is 4.79 Å². The smallest absolute Gasteiger partial charge is 0.407 e. The summed E-state index contributed by atoms with van der Waals surface area (Å²) in [6.45, 7) is 2.12. The van der Waals surface area contributed by atoms with Crippen molar-refractivity contribution in [2.75, 3.05) is 13.2 Å². The van der Waals surface area contributed by atoms with Crippen LogP contribution in [0, 0.1) is 0 Å². The van der Waals surface area contributed by atoms with Crippen molar-refractivity contribution in [1.29, 1.82) is 0 Å². The van der Waals surface area contributed by atoms with E-state index in [0.29, 0.717) is 17.9 Å². The van der Waals surface area contributed by atoms with Crippen molar-refractivity contribution in [2.45, 2.75) is 13.0 Å². The van der Waals surface area contributed by atoms with Crippen LogP contribution in [-0.2, 0) is 4.74 Å². The molecule has 1 saturated heterocycles. The van der Waals surface area contributed by atoms with Crippen molar-refractivity contribution in [1.82, 2.24) is 5.32 Å². The fraction of sp³-hybridized carbons (Fsp3) is 0.333. The van der Waals surface area contributed by atoms with Crippen molar-refractivity contribution in [3.63, 3.8) is 0 Å². The SMILES string of the molecule is CC(=O)c1ccc(Br)cc1OCC1CNC(=O)O1. The number of hydrogen-bond acceptors (Lipinski definition) is 4. The quantitative estimate of drug-likeness (QED) is 0.865. The summed E-state index contributed by atoms with van der Waals surface area (Å²) in [5.74, 6) is 0.416. The zero-order chi connectivity index (χ0) is 13.1. The highest BCUT2D eigenvalue weighted by Crippen LogP contribution is 2.24. The minimum atomic E-state index is -0.440. The lowest BCUT2D eigenvalue weighted by atomic mass is 10.1. The van der Waals surface area contributed by atoms with Gasteiger partial charge in [-0.05, 0) is 25.1 Å². The van der Waals surface area contributed by atoms with E-state index in [4.69, 9.17) is 9.47 Å². The standard InChI is InChI=1S/C12H12BrNO4/c1-7(15)10-3-2-8(13)4-11(10)17-6-9-5-14-12(16)18-9/h2-4,9H,5-6H2,1H3,(H,14,16). The Balaban J connectivity index is 2.06. The van der Waals surface area contributed by atoms with Gasteiger partial charge in [-0.1, -0.05) is 15.9 Å². The molecule has 1 N–H and O–H groups in total. The van der Waals surface area contributed by atoms with Gasteiger partial charge in [0.2, 0.25) is 0 Å². The normalized spacial score (nSPS) is 18.1. The summed E-state index contributed by atoms with van der Waals surface area (Å²) in [6.07, 6.45) is -0.763. The van der Waals surface area contributed by atoms with Gasteiger partial charge >= 0.3 is 6.09 Å². The molecule has 96 valence electrons. The largest absolute Gasteiger partial charge is 0.489 e. The molecular formula is C12H12BrNO4. The molecule has 0 spiro atoms. The third kappa shape index (κ3) is 3.01. The number of alkyl carbamates (subject to hydrolysis) is 1. The zero-order valence-corrected chi connectivity index (χ0v) is 11.3. The lowest BCUT2D eigenvalue weighted by Gasteiger charge is -2.13. The van der Waals surface area contributed by atoms with Gasteiger partial charge in [0, 0.05) is 4.47 Å². The van der Waals surface area contributed by atoms with Crippen molar-refractivity contribution < 1.29 is 19.1 Å². The van der Waals surface area contributed by atoms with E-state index in [-0.39, 0.29) is 18.5 Å². The van der Waals surface area contributed by atoms with Crippen LogP contribution < -0.4 is 10.1 Å². The number of carbonyl (C=O) groups is 2. The molecule has 0 bridgehead atoms. The summed E-state index contributed by atoms with van der Waals surface area (Å²) in [6, 6.07) is 5.20. The third-order valence-corrected chi connectivity index (χ3v) is 2.99. The molecule has 0 saturated carbocycles. The topological polar surface area (TPSA) is 64.6 Å². The van der Waals surface area contributed by atoms with E-state index >= 15 is 0 Å². The molecule has 1 unspecified atom stereocenters. The Morgan fingerprint density at radius 1 is 1.61 bits per heavy atom. The molecule has 6 heteroatoms. The van der Waals surface area contributed by atoms with Crippen molar-refractivity contribution in [3.8, 4) is 5.75 Å². The summed E-state index contributed by atoms with van der Waals surface area (Å²) < 4.78 is 11.3. The summed E-state index contributed by atoms with van der Waals surface area (Å²) in [5, 5.41) is 2.54. The maximum atomic E-state index is 11.4. The second-order valence-corrected chi connectivity index (χ2v) is 4.83. The van der Waals surface area contributed by atoms with E-state index in [1.165, 1.54) is 6.92 Å². The number of carbonyl (C=O) groups excluding carboxylic acids is 2. The molecule has 1 atom stereocenters. The Labute approximate surface area is 113 Å². The van der Waals surface area contributed by atoms with E-state index in [1.54, 1.807) is 18.2 Å². The maximum Gasteiger partial charge on any atom is 0.407 e. The van der Waals surface area contributed by atoms with Crippen LogP contribution in [-0.4, -0.2) is 31.1 Å². The van der Waals surface area contributed by atoms with E-state index in [1.807, 2.05) is 0 Å². The van der Waals surface area contributed by atoms with Crippen LogP contribution in [0.15, 0.2) is 22.7 Å². The molecule has 1 aromatic carbocycles. The van der Waals surface area contributed by atoms with E-state index in [9.17, 15) is 9.59 Å². The number of benzene rings is 1. The van der Waals surface area contributed by atoms with Gasteiger partial charge < -0.3 is 14.8 Å². The summed E-state index contributed by atoms with van der Waals surface area (Å²) in [5.41, 5.74) is 0.510. The van der Waals surface area contributed by atoms with Crippen LogP contribution in [0.4, 0.5) is 4.79 Å². The maximum absolute atomic E-state index is 11.4. The number of hydrogen-bond donors (Lipinski definition) is 1. The summed E-state index contributed by atoms with van der Waals surface area (Å²) in [7, 11) is 0. The number of rotatable bonds is 4. The van der Waals surface area contributed by atoms with Crippen LogP contribution in [0.25, 0.3) is 0 Å². The number of Topliss-reactive ketones (excluding diaryl/α,β-unsaturated/α-hetero) is 1. The van der Waals surface area contributed by atoms with E-state index in [0.717, 1.165) is 4.47 Å². The van der Waals surface area contributed by atoms with Gasteiger partial charge in [0.25, 0.3) is 0 Å². The second kappa shape index (κ2) is 5.39. The van der Waals surface area contributed by atoms with Crippen molar-refractivity contribution in [3.05, 3.63) is 28.2 Å². The molecule has 1 fully saturated rings. The Morgan fingerprint density at radius 2 is 2.39 bits per heavy atom. The molecule has 2 rings (SSSR count). The first-order valence-electron chi connectivity index (χ1n) is 5.44. The first-order valence-corrected chi connectivity index (χ1v) is 6.23. The van der Waals surface area contributed by atoms with Gasteiger partial charge in [0.1, 0.15) is 12.4 Å². The van der Waals surface area contributed by atoms with Gasteiger partial charge in [-0.15, -0.1) is 0 Å². The number of ketones is 1. The molecule has 0 radical (unpaired) electrons. The fourth-order valence-corrected chi connectivity index (χ4v) is 1.95. The predicted octanol–water partition coefficient (Wildman–Crippen LogP) is 2.14. The molecule has 1 aromatic rings. The molecule has 1 aliphatic heterocycles. The van der Waals surface area contributed by atoms with Crippen molar-refractivity contribution >= 4 is 27.8 Å². The molecule has 1 heterocycles. The minimum Gasteiger partial charge on any atom is -0.489 e. The number of ether oxygens (including phenoxy) is 2. The van der Waals surface area contributed by atoms with Gasteiger partial charge in [-0.2, -0.15) is 0 Å². The number of cyclic esters (lactones) is 1. The highest BCUT2D eigenvalue weighted by atomic mass is 79.9. The number of amides is 1. The highest BCUT2D eigenvalue weighted by molar-refractivity contribution is 9.10. The average Bonchev–Trinajstić information content (AvgIpc) is 2.72. The Morgan fingerprint density at radius 3 is 3.00 bits per heavy atom. The van der Waals surface area contributed by atoms with Crippen LogP contribution in [0.5, 0.6) is 5.75 Å². The van der Waals surface area contributed by atoms with Crippen LogP contribution >= 0.6 is 15.9 Å². The molecule has 1 amide bonds. The fourth-order valence-electron chi connectivity index (χ4n) is 1.61. The monoisotopic (exact) mass is 313 g/mol. The first kappa shape index (κ1) is 12.9. The van der Waals surface area contributed by atoms with Crippen LogP contribution in [0.1, 0.15) is 17.3 Å². The molecule has 1 aliphatic rings. The second-order valence-electron chi connectivity index (χ2n) is 3.92. The molecule has 0 aromatic heterocycles. The third-order valence-electron chi connectivity index (χ3n) is 2.50. The van der Waals surface area contributed by atoms with Crippen molar-refractivity contribution in [2.24, 2.45) is 0 Å². The van der Waals surface area contributed by atoms with E-state index in [2.05, 4.69) is 21.2 Å². The van der Waals surface area contributed by atoms with Gasteiger partial charge in [0.05, 0.1) is 12.1 Å². The zero-order valence-electron chi connectivity index (χ0n) is 9.73. The van der Waals surface area contributed by atoms with Crippen LogP contribution in [0.3, 0.4) is 0 Å². The van der Waals surface area contributed by atoms with Gasteiger partial charge in [-0.3, -0.25) is 4.79 Å². The minimum absolute atomic E-state index is 0.0703. The predicted molar refractivity (Wildman–Crippen MR) is 67.9 cm³/mol. The van der Waals surface area contributed by atoms with Gasteiger partial charge in [0.15, 0.2) is 11.9 Å². The average molecular weight is 314 g/mol. The Bertz CT molecular complexity index is 489. The lowest BCUT2D eigenvalue weighted by Crippen LogP contribution is -2.22. The van der Waals surface area contributed by atoms with Crippen LogP contribution in [0.2, 0.25) is 0 Å². The highest BCUT2D eigenvalue weighted by Gasteiger charge is 2.23. The molecular weight excluding hydrogens is 302 g/mol.